The van der Waals surface area contributed by atoms with Gasteiger partial charge >= 0.3 is 0 Å². The molecular weight excluding hydrogens is 382 g/mol. The highest BCUT2D eigenvalue weighted by molar-refractivity contribution is 6.33. The minimum absolute atomic E-state index is 0.0913. The molecule has 7 nitrogen and oxygen atoms in total. The summed E-state index contributed by atoms with van der Waals surface area (Å²) in [7, 11) is 3.46. The van der Waals surface area contributed by atoms with Crippen LogP contribution >= 0.6 is 11.6 Å². The van der Waals surface area contributed by atoms with E-state index in [1.807, 2.05) is 0 Å². The molecule has 3 N–H and O–H groups in total. The van der Waals surface area contributed by atoms with Gasteiger partial charge in [-0.1, -0.05) is 11.6 Å². The number of fused-ring (bicyclic) bond motifs is 1. The predicted octanol–water partition coefficient (Wildman–Crippen LogP) is 1.96. The van der Waals surface area contributed by atoms with Crippen molar-refractivity contribution in [3.8, 4) is 5.75 Å². The van der Waals surface area contributed by atoms with Crippen LogP contribution < -0.4 is 15.8 Å². The molecule has 2 aliphatic rings. The van der Waals surface area contributed by atoms with Gasteiger partial charge in [0, 0.05) is 58.4 Å². The van der Waals surface area contributed by atoms with Gasteiger partial charge in [-0.25, -0.2) is 0 Å². The van der Waals surface area contributed by atoms with E-state index in [0.717, 1.165) is 44.6 Å². The molecule has 28 heavy (non-hydrogen) atoms. The Morgan fingerprint density at radius 3 is 3.04 bits per heavy atom. The van der Waals surface area contributed by atoms with Crippen molar-refractivity contribution in [3.05, 3.63) is 22.2 Å². The normalized spacial score (nSPS) is 22.0. The van der Waals surface area contributed by atoms with Gasteiger partial charge < -0.3 is 30.2 Å². The number of nitrogens with one attached hydrogen (secondary N) is 1. The Balaban J connectivity index is 1.58. The molecule has 156 valence electrons. The van der Waals surface area contributed by atoms with Crippen molar-refractivity contribution in [1.29, 1.82) is 0 Å². The van der Waals surface area contributed by atoms with Gasteiger partial charge in [-0.05, 0) is 25.5 Å². The van der Waals surface area contributed by atoms with Crippen LogP contribution in [0.4, 0.5) is 5.69 Å². The molecule has 2 heterocycles. The van der Waals surface area contributed by atoms with Crippen molar-refractivity contribution in [3.63, 3.8) is 0 Å². The number of likely N-dealkylation sites (tertiary alicyclic amines) is 1. The molecular formula is C20H30ClN3O4. The molecule has 0 radical (unpaired) electrons. The number of halogens is 1. The number of nitrogen functional groups attached to an aromatic ring is 1. The minimum atomic E-state index is -0.183. The van der Waals surface area contributed by atoms with Crippen LogP contribution in [-0.4, -0.2) is 70.5 Å². The summed E-state index contributed by atoms with van der Waals surface area (Å²) in [6.07, 6.45) is 2.75. The first-order chi connectivity index (χ1) is 13.5. The molecule has 0 aromatic heterocycles. The van der Waals surface area contributed by atoms with E-state index in [1.165, 1.54) is 0 Å². The van der Waals surface area contributed by atoms with E-state index in [0.29, 0.717) is 41.6 Å². The van der Waals surface area contributed by atoms with Crippen molar-refractivity contribution in [2.45, 2.75) is 25.4 Å². The summed E-state index contributed by atoms with van der Waals surface area (Å²) in [6, 6.07) is 1.60. The summed E-state index contributed by atoms with van der Waals surface area (Å²) in [5.74, 6) is 0.652. The summed E-state index contributed by atoms with van der Waals surface area (Å²) in [5.41, 5.74) is 7.81. The lowest BCUT2D eigenvalue weighted by molar-refractivity contribution is -0.0121. The second kappa shape index (κ2) is 9.78. The summed E-state index contributed by atoms with van der Waals surface area (Å²) < 4.78 is 16.5. The van der Waals surface area contributed by atoms with Gasteiger partial charge in [-0.2, -0.15) is 0 Å². The molecule has 3 rings (SSSR count). The quantitative estimate of drug-likeness (QED) is 0.502. The van der Waals surface area contributed by atoms with Crippen molar-refractivity contribution in [1.82, 2.24) is 10.2 Å². The Hall–Kier alpha value is -1.54. The number of carbonyl (C=O) groups excluding carboxylic acids is 1. The van der Waals surface area contributed by atoms with Gasteiger partial charge in [-0.15, -0.1) is 0 Å². The smallest absolute Gasteiger partial charge is 0.255 e. The van der Waals surface area contributed by atoms with Gasteiger partial charge in [0.25, 0.3) is 5.91 Å². The zero-order valence-electron chi connectivity index (χ0n) is 16.6. The number of nitrogens with two attached hydrogens (primary N) is 1. The zero-order chi connectivity index (χ0) is 20.1. The highest BCUT2D eigenvalue weighted by Crippen LogP contribution is 2.38. The number of hydrogen-bond donors (Lipinski definition) is 2. The van der Waals surface area contributed by atoms with Gasteiger partial charge in [0.15, 0.2) is 0 Å². The van der Waals surface area contributed by atoms with Crippen LogP contribution in [0.15, 0.2) is 6.07 Å². The number of amides is 1. The van der Waals surface area contributed by atoms with Crippen molar-refractivity contribution >= 4 is 23.2 Å². The SMILES string of the molecule is COCCCN1CCC(CNC(=O)c2cc(Cl)c(N)c3c2OCC3)C(OC)C1. The molecule has 2 unspecified atom stereocenters. The number of anilines is 1. The van der Waals surface area contributed by atoms with Crippen molar-refractivity contribution in [2.24, 2.45) is 5.92 Å². The monoisotopic (exact) mass is 411 g/mol. The molecule has 0 spiro atoms. The first kappa shape index (κ1) is 21.2. The number of rotatable bonds is 8. The van der Waals surface area contributed by atoms with Gasteiger partial charge in [-0.3, -0.25) is 4.79 Å². The Morgan fingerprint density at radius 1 is 1.46 bits per heavy atom. The largest absolute Gasteiger partial charge is 0.492 e. The predicted molar refractivity (Wildman–Crippen MR) is 109 cm³/mol. The minimum Gasteiger partial charge on any atom is -0.492 e. The van der Waals surface area contributed by atoms with Crippen LogP contribution in [0.1, 0.15) is 28.8 Å². The van der Waals surface area contributed by atoms with Crippen LogP contribution in [0.5, 0.6) is 5.75 Å². The third-order valence-electron chi connectivity index (χ3n) is 5.65. The number of piperidine rings is 1. The highest BCUT2D eigenvalue weighted by Gasteiger charge is 2.30. The Labute approximate surface area is 171 Å². The van der Waals surface area contributed by atoms with E-state index < -0.39 is 0 Å². The summed E-state index contributed by atoms with van der Waals surface area (Å²) in [5, 5.41) is 3.44. The molecule has 0 bridgehead atoms. The zero-order valence-corrected chi connectivity index (χ0v) is 17.4. The topological polar surface area (TPSA) is 86.1 Å². The van der Waals surface area contributed by atoms with Crippen LogP contribution in [0.3, 0.4) is 0 Å². The molecule has 1 aromatic rings. The maximum absolute atomic E-state index is 12.8. The van der Waals surface area contributed by atoms with Crippen molar-refractivity contribution < 1.29 is 19.0 Å². The van der Waals surface area contributed by atoms with E-state index in [-0.39, 0.29) is 17.9 Å². The standard InChI is InChI=1S/C20H30ClN3O4/c1-26-8-3-6-24-7-4-13(17(12-24)27-2)11-23-20(25)15-10-16(21)18(22)14-5-9-28-19(14)15/h10,13,17H,3-9,11-12,22H2,1-2H3,(H,23,25). The van der Waals surface area contributed by atoms with Crippen LogP contribution in [0.2, 0.25) is 5.02 Å². The summed E-state index contributed by atoms with van der Waals surface area (Å²) in [6.45, 7) is 4.71. The fourth-order valence-electron chi connectivity index (χ4n) is 4.02. The molecule has 2 atom stereocenters. The fraction of sp³-hybridized carbons (Fsp3) is 0.650. The van der Waals surface area contributed by atoms with Crippen LogP contribution in [-0.2, 0) is 15.9 Å². The molecule has 1 saturated heterocycles. The number of hydrogen-bond acceptors (Lipinski definition) is 6. The van der Waals surface area contributed by atoms with E-state index >= 15 is 0 Å². The van der Waals surface area contributed by atoms with Crippen LogP contribution in [0, 0.1) is 5.92 Å². The molecule has 0 saturated carbocycles. The highest BCUT2D eigenvalue weighted by atomic mass is 35.5. The number of nitrogens with zero attached hydrogens (tertiary/aromatic N) is 1. The van der Waals surface area contributed by atoms with E-state index in [1.54, 1.807) is 20.3 Å². The molecule has 1 fully saturated rings. The average Bonchev–Trinajstić information content (AvgIpc) is 3.19. The number of benzene rings is 1. The molecule has 0 aliphatic carbocycles. The van der Waals surface area contributed by atoms with Gasteiger partial charge in [0.1, 0.15) is 5.75 Å². The average molecular weight is 412 g/mol. The Bertz CT molecular complexity index is 701. The Morgan fingerprint density at radius 2 is 2.29 bits per heavy atom. The maximum Gasteiger partial charge on any atom is 0.255 e. The lowest BCUT2D eigenvalue weighted by atomic mass is 9.93. The second-order valence-corrected chi connectivity index (χ2v) is 7.81. The second-order valence-electron chi connectivity index (χ2n) is 7.41. The van der Waals surface area contributed by atoms with E-state index in [9.17, 15) is 4.79 Å². The van der Waals surface area contributed by atoms with E-state index in [2.05, 4.69) is 10.2 Å². The molecule has 1 amide bonds. The number of methoxy groups -OCH3 is 2. The molecule has 8 heteroatoms. The number of carbonyl (C=O) groups is 1. The first-order valence-corrected chi connectivity index (χ1v) is 10.2. The van der Waals surface area contributed by atoms with Gasteiger partial charge in [0.2, 0.25) is 0 Å². The lowest BCUT2D eigenvalue weighted by Gasteiger charge is -2.37. The molecule has 2 aliphatic heterocycles. The summed E-state index contributed by atoms with van der Waals surface area (Å²) in [4.78, 5) is 15.2. The first-order valence-electron chi connectivity index (χ1n) is 9.81. The molecule has 1 aromatic carbocycles. The third kappa shape index (κ3) is 4.71. The lowest BCUT2D eigenvalue weighted by Crippen LogP contribution is -2.48. The van der Waals surface area contributed by atoms with Crippen LogP contribution in [0.25, 0.3) is 0 Å². The maximum atomic E-state index is 12.8. The summed E-state index contributed by atoms with van der Waals surface area (Å²) >= 11 is 6.21. The van der Waals surface area contributed by atoms with Crippen molar-refractivity contribution in [2.75, 3.05) is 59.3 Å². The third-order valence-corrected chi connectivity index (χ3v) is 5.96. The number of ether oxygens (including phenoxy) is 3. The Kier molecular flexibility index (Phi) is 7.40. The van der Waals surface area contributed by atoms with E-state index in [4.69, 9.17) is 31.5 Å². The van der Waals surface area contributed by atoms with Gasteiger partial charge in [0.05, 0.1) is 29.0 Å². The fourth-order valence-corrected chi connectivity index (χ4v) is 4.24.